The van der Waals surface area contributed by atoms with Crippen molar-refractivity contribution in [1.29, 1.82) is 0 Å². The number of aliphatic hydroxyl groups is 1. The smallest absolute Gasteiger partial charge is 0.0860 e. The number of hydrogen-bond acceptors (Lipinski definition) is 3. The van der Waals surface area contributed by atoms with E-state index in [-0.39, 0.29) is 6.10 Å². The summed E-state index contributed by atoms with van der Waals surface area (Å²) in [5, 5.41) is 17.5. The summed E-state index contributed by atoms with van der Waals surface area (Å²) in [6.07, 6.45) is 9.32. The standard InChI is InChI=1S/C14H27N3O/c1-3-5-8-13(7-4-2)15-11-14(18)12-17-10-6-9-16-17/h6,9-10,13-15,18H,3-5,7-8,11-12H2,1-2H3. The zero-order valence-electron chi connectivity index (χ0n) is 11.7. The van der Waals surface area contributed by atoms with Crippen LogP contribution in [0.2, 0.25) is 0 Å². The molecule has 2 N–H and O–H groups in total. The Kier molecular flexibility index (Phi) is 7.69. The maximum Gasteiger partial charge on any atom is 0.0860 e. The van der Waals surface area contributed by atoms with Crippen LogP contribution in [0.1, 0.15) is 46.0 Å². The highest BCUT2D eigenvalue weighted by Gasteiger charge is 2.10. The van der Waals surface area contributed by atoms with Gasteiger partial charge in [0.05, 0.1) is 12.6 Å². The fraction of sp³-hybridized carbons (Fsp3) is 0.786. The number of hydrogen-bond donors (Lipinski definition) is 2. The molecule has 1 rings (SSSR count). The molecule has 2 atom stereocenters. The molecule has 0 spiro atoms. The third-order valence-electron chi connectivity index (χ3n) is 3.14. The van der Waals surface area contributed by atoms with Gasteiger partial charge in [-0.05, 0) is 18.9 Å². The van der Waals surface area contributed by atoms with Crippen molar-refractivity contribution in [3.05, 3.63) is 18.5 Å². The number of aromatic nitrogens is 2. The fourth-order valence-electron chi connectivity index (χ4n) is 2.14. The van der Waals surface area contributed by atoms with Gasteiger partial charge in [-0.3, -0.25) is 4.68 Å². The van der Waals surface area contributed by atoms with E-state index in [0.717, 1.165) is 0 Å². The minimum Gasteiger partial charge on any atom is -0.390 e. The lowest BCUT2D eigenvalue weighted by molar-refractivity contribution is 0.141. The Bertz CT molecular complexity index is 287. The van der Waals surface area contributed by atoms with E-state index >= 15 is 0 Å². The molecular formula is C14H27N3O. The van der Waals surface area contributed by atoms with Gasteiger partial charge < -0.3 is 10.4 Å². The van der Waals surface area contributed by atoms with Gasteiger partial charge in [-0.15, -0.1) is 0 Å². The second kappa shape index (κ2) is 9.11. The maximum absolute atomic E-state index is 9.94. The van der Waals surface area contributed by atoms with Crippen molar-refractivity contribution in [2.45, 2.75) is 64.6 Å². The first kappa shape index (κ1) is 15.2. The lowest BCUT2D eigenvalue weighted by atomic mass is 10.1. The van der Waals surface area contributed by atoms with Crippen LogP contribution in [0.15, 0.2) is 18.5 Å². The van der Waals surface area contributed by atoms with Crippen LogP contribution in [0.4, 0.5) is 0 Å². The molecule has 0 saturated heterocycles. The molecule has 1 aromatic heterocycles. The molecule has 0 fully saturated rings. The third kappa shape index (κ3) is 6.17. The highest BCUT2D eigenvalue weighted by Crippen LogP contribution is 2.06. The second-order valence-electron chi connectivity index (χ2n) is 4.92. The van der Waals surface area contributed by atoms with Gasteiger partial charge >= 0.3 is 0 Å². The molecule has 0 amide bonds. The van der Waals surface area contributed by atoms with Crippen molar-refractivity contribution in [2.24, 2.45) is 0 Å². The Morgan fingerprint density at radius 1 is 1.28 bits per heavy atom. The third-order valence-corrected chi connectivity index (χ3v) is 3.14. The SMILES string of the molecule is CCCCC(CCC)NCC(O)Cn1cccn1. The van der Waals surface area contributed by atoms with Crippen LogP contribution in [0.5, 0.6) is 0 Å². The van der Waals surface area contributed by atoms with E-state index < -0.39 is 0 Å². The molecule has 4 heteroatoms. The number of nitrogens with one attached hydrogen (secondary N) is 1. The normalized spacial score (nSPS) is 14.6. The number of rotatable bonds is 10. The van der Waals surface area contributed by atoms with E-state index in [1.54, 1.807) is 10.9 Å². The molecule has 0 aliphatic heterocycles. The number of unbranched alkanes of at least 4 members (excludes halogenated alkanes) is 1. The second-order valence-corrected chi connectivity index (χ2v) is 4.92. The van der Waals surface area contributed by atoms with E-state index in [0.29, 0.717) is 19.1 Å². The highest BCUT2D eigenvalue weighted by atomic mass is 16.3. The van der Waals surface area contributed by atoms with E-state index in [4.69, 9.17) is 0 Å². The molecule has 2 unspecified atom stereocenters. The lowest BCUT2D eigenvalue weighted by Gasteiger charge is -2.20. The Balaban J connectivity index is 2.23. The molecule has 1 heterocycles. The van der Waals surface area contributed by atoms with Gasteiger partial charge in [0.15, 0.2) is 0 Å². The predicted octanol–water partition coefficient (Wildman–Crippen LogP) is 2.19. The Morgan fingerprint density at radius 3 is 2.72 bits per heavy atom. The van der Waals surface area contributed by atoms with Crippen molar-refractivity contribution in [3.8, 4) is 0 Å². The molecule has 1 aromatic rings. The van der Waals surface area contributed by atoms with E-state index in [1.165, 1.54) is 32.1 Å². The Labute approximate surface area is 110 Å². The summed E-state index contributed by atoms with van der Waals surface area (Å²) >= 11 is 0. The first-order valence-corrected chi connectivity index (χ1v) is 7.15. The number of nitrogens with zero attached hydrogens (tertiary/aromatic N) is 2. The zero-order valence-corrected chi connectivity index (χ0v) is 11.7. The lowest BCUT2D eigenvalue weighted by Crippen LogP contribution is -2.37. The monoisotopic (exact) mass is 253 g/mol. The van der Waals surface area contributed by atoms with Crippen molar-refractivity contribution < 1.29 is 5.11 Å². The van der Waals surface area contributed by atoms with E-state index in [9.17, 15) is 5.11 Å². The molecule has 0 bridgehead atoms. The van der Waals surface area contributed by atoms with Crippen LogP contribution in [-0.2, 0) is 6.54 Å². The van der Waals surface area contributed by atoms with Crippen molar-refractivity contribution in [2.75, 3.05) is 6.54 Å². The van der Waals surface area contributed by atoms with Gasteiger partial charge in [0.1, 0.15) is 0 Å². The van der Waals surface area contributed by atoms with Gasteiger partial charge in [0.25, 0.3) is 0 Å². The molecule has 4 nitrogen and oxygen atoms in total. The predicted molar refractivity (Wildman–Crippen MR) is 74.5 cm³/mol. The van der Waals surface area contributed by atoms with Crippen LogP contribution in [0.25, 0.3) is 0 Å². The highest BCUT2D eigenvalue weighted by molar-refractivity contribution is 4.79. The molecule has 18 heavy (non-hydrogen) atoms. The minimum absolute atomic E-state index is 0.370. The summed E-state index contributed by atoms with van der Waals surface area (Å²) < 4.78 is 1.77. The largest absolute Gasteiger partial charge is 0.390 e. The summed E-state index contributed by atoms with van der Waals surface area (Å²) in [5.41, 5.74) is 0. The number of aliphatic hydroxyl groups excluding tert-OH is 1. The van der Waals surface area contributed by atoms with Gasteiger partial charge in [0.2, 0.25) is 0 Å². The van der Waals surface area contributed by atoms with Crippen LogP contribution in [-0.4, -0.2) is 33.6 Å². The molecule has 0 aromatic carbocycles. The van der Waals surface area contributed by atoms with Crippen molar-refractivity contribution >= 4 is 0 Å². The average molecular weight is 253 g/mol. The van der Waals surface area contributed by atoms with Crippen LogP contribution >= 0.6 is 0 Å². The first-order chi connectivity index (χ1) is 8.76. The molecular weight excluding hydrogens is 226 g/mol. The summed E-state index contributed by atoms with van der Waals surface area (Å²) in [6, 6.07) is 2.42. The van der Waals surface area contributed by atoms with Gasteiger partial charge in [-0.1, -0.05) is 33.1 Å². The van der Waals surface area contributed by atoms with E-state index in [2.05, 4.69) is 24.3 Å². The summed E-state index contributed by atoms with van der Waals surface area (Å²) in [5.74, 6) is 0. The van der Waals surface area contributed by atoms with Crippen molar-refractivity contribution in [3.63, 3.8) is 0 Å². The van der Waals surface area contributed by atoms with Crippen molar-refractivity contribution in [1.82, 2.24) is 15.1 Å². The summed E-state index contributed by atoms with van der Waals surface area (Å²) in [7, 11) is 0. The molecule has 104 valence electrons. The average Bonchev–Trinajstić information content (AvgIpc) is 2.85. The molecule has 0 radical (unpaired) electrons. The van der Waals surface area contributed by atoms with Crippen LogP contribution in [0, 0.1) is 0 Å². The fourth-order valence-corrected chi connectivity index (χ4v) is 2.14. The summed E-state index contributed by atoms with van der Waals surface area (Å²) in [6.45, 7) is 5.64. The summed E-state index contributed by atoms with van der Waals surface area (Å²) in [4.78, 5) is 0. The minimum atomic E-state index is -0.370. The molecule has 0 aliphatic rings. The maximum atomic E-state index is 9.94. The van der Waals surface area contributed by atoms with Gasteiger partial charge in [-0.2, -0.15) is 5.10 Å². The molecule has 0 aliphatic carbocycles. The Morgan fingerprint density at radius 2 is 2.11 bits per heavy atom. The quantitative estimate of drug-likeness (QED) is 0.672. The van der Waals surface area contributed by atoms with Crippen LogP contribution in [0.3, 0.4) is 0 Å². The zero-order chi connectivity index (χ0) is 13.2. The molecule has 0 saturated carbocycles. The Hall–Kier alpha value is -0.870. The van der Waals surface area contributed by atoms with Gasteiger partial charge in [-0.25, -0.2) is 0 Å². The van der Waals surface area contributed by atoms with E-state index in [1.807, 2.05) is 12.3 Å². The van der Waals surface area contributed by atoms with Gasteiger partial charge in [0, 0.05) is 25.0 Å². The first-order valence-electron chi connectivity index (χ1n) is 7.15. The van der Waals surface area contributed by atoms with Crippen LogP contribution < -0.4 is 5.32 Å². The topological polar surface area (TPSA) is 50.1 Å².